The number of aromatic nitrogens is 3. The number of aryl methyl sites for hydroxylation is 1. The Balaban J connectivity index is 2.28. The molecular weight excluding hydrogens is 273 g/mol. The molecule has 0 N–H and O–H groups in total. The van der Waals surface area contributed by atoms with Gasteiger partial charge in [-0.25, -0.2) is 14.4 Å². The maximum atomic E-state index is 13.6. The zero-order chi connectivity index (χ0) is 12.7. The van der Waals surface area contributed by atoms with Crippen LogP contribution in [0.25, 0.3) is 21.6 Å². The van der Waals surface area contributed by atoms with Crippen LogP contribution in [0.5, 0.6) is 0 Å². The number of hydrogen-bond acceptors (Lipinski definition) is 4. The van der Waals surface area contributed by atoms with E-state index in [2.05, 4.69) is 15.0 Å². The first-order valence-electron chi connectivity index (χ1n) is 5.19. The Morgan fingerprint density at radius 2 is 2.17 bits per heavy atom. The second kappa shape index (κ2) is 4.26. The van der Waals surface area contributed by atoms with E-state index in [1.807, 2.05) is 13.0 Å². The molecule has 0 saturated carbocycles. The summed E-state index contributed by atoms with van der Waals surface area (Å²) in [6, 6.07) is 3.46. The van der Waals surface area contributed by atoms with E-state index in [0.717, 1.165) is 21.3 Å². The summed E-state index contributed by atoms with van der Waals surface area (Å²) in [5, 5.41) is 1.15. The summed E-state index contributed by atoms with van der Waals surface area (Å²) in [7, 11) is 0. The van der Waals surface area contributed by atoms with Gasteiger partial charge in [0.1, 0.15) is 9.98 Å². The van der Waals surface area contributed by atoms with Crippen LogP contribution >= 0.6 is 22.9 Å². The molecule has 0 aliphatic rings. The van der Waals surface area contributed by atoms with Gasteiger partial charge >= 0.3 is 0 Å². The number of hydrogen-bond donors (Lipinski definition) is 0. The number of thiophene rings is 1. The molecule has 6 heteroatoms. The average Bonchev–Trinajstić information content (AvgIpc) is 2.71. The highest BCUT2D eigenvalue weighted by atomic mass is 35.5. The lowest BCUT2D eigenvalue weighted by Gasteiger charge is -2.02. The van der Waals surface area contributed by atoms with E-state index >= 15 is 0 Å². The van der Waals surface area contributed by atoms with Crippen molar-refractivity contribution in [1.29, 1.82) is 0 Å². The zero-order valence-corrected chi connectivity index (χ0v) is 10.9. The molecule has 0 atom stereocenters. The van der Waals surface area contributed by atoms with Crippen LogP contribution in [0, 0.1) is 12.7 Å². The van der Waals surface area contributed by atoms with Crippen molar-refractivity contribution < 1.29 is 4.39 Å². The minimum atomic E-state index is -0.457. The minimum Gasteiger partial charge on any atom is -0.262 e. The van der Waals surface area contributed by atoms with E-state index in [4.69, 9.17) is 11.6 Å². The van der Waals surface area contributed by atoms with Crippen molar-refractivity contribution in [1.82, 2.24) is 15.0 Å². The van der Waals surface area contributed by atoms with Crippen molar-refractivity contribution in [3.8, 4) is 11.4 Å². The number of nitrogens with zero attached hydrogens (tertiary/aromatic N) is 3. The molecule has 90 valence electrons. The zero-order valence-electron chi connectivity index (χ0n) is 9.32. The van der Waals surface area contributed by atoms with E-state index in [1.54, 1.807) is 0 Å². The van der Waals surface area contributed by atoms with Crippen molar-refractivity contribution in [2.45, 2.75) is 6.92 Å². The van der Waals surface area contributed by atoms with Gasteiger partial charge in [0.05, 0.1) is 11.8 Å². The fourth-order valence-electron chi connectivity index (χ4n) is 1.68. The molecule has 0 aromatic carbocycles. The summed E-state index contributed by atoms with van der Waals surface area (Å²) in [5.41, 5.74) is 0.305. The lowest BCUT2D eigenvalue weighted by Crippen LogP contribution is -1.93. The summed E-state index contributed by atoms with van der Waals surface area (Å²) in [5.74, 6) is -0.171. The molecule has 18 heavy (non-hydrogen) atoms. The Morgan fingerprint density at radius 1 is 1.33 bits per heavy atom. The fraction of sp³-hybridized carbons (Fsp3) is 0.0833. The molecule has 3 aromatic heterocycles. The molecule has 3 heterocycles. The second-order valence-electron chi connectivity index (χ2n) is 3.77. The third-order valence-electron chi connectivity index (χ3n) is 2.48. The first kappa shape index (κ1) is 11.5. The van der Waals surface area contributed by atoms with Gasteiger partial charge in [-0.15, -0.1) is 11.3 Å². The number of pyridine rings is 1. The average molecular weight is 280 g/mol. The van der Waals surface area contributed by atoms with Crippen LogP contribution in [0.3, 0.4) is 0 Å². The number of halogens is 2. The Kier molecular flexibility index (Phi) is 2.72. The van der Waals surface area contributed by atoms with Gasteiger partial charge in [-0.05, 0) is 19.1 Å². The number of fused-ring (bicyclic) bond motifs is 1. The monoisotopic (exact) mass is 279 g/mol. The maximum Gasteiger partial charge on any atom is 0.165 e. The minimum absolute atomic E-state index is 0.286. The van der Waals surface area contributed by atoms with Crippen molar-refractivity contribution in [2.24, 2.45) is 0 Å². The third kappa shape index (κ3) is 1.85. The topological polar surface area (TPSA) is 38.7 Å². The lowest BCUT2D eigenvalue weighted by atomic mass is 10.2. The normalized spacial score (nSPS) is 11.1. The molecule has 3 rings (SSSR count). The summed E-state index contributed by atoms with van der Waals surface area (Å²) in [6.07, 6.45) is 2.63. The molecule has 0 fully saturated rings. The molecule has 0 spiro atoms. The van der Waals surface area contributed by atoms with Gasteiger partial charge in [0, 0.05) is 16.5 Å². The molecule has 0 radical (unpaired) electrons. The molecule has 0 aliphatic carbocycles. The SMILES string of the molecule is Cc1cc2c(Cl)nc(-c3ccncc3F)nc2s1. The van der Waals surface area contributed by atoms with Crippen LogP contribution in [0.1, 0.15) is 4.88 Å². The summed E-state index contributed by atoms with van der Waals surface area (Å²) >= 11 is 7.60. The highest BCUT2D eigenvalue weighted by Crippen LogP contribution is 2.31. The quantitative estimate of drug-likeness (QED) is 0.635. The standard InChI is InChI=1S/C12H7ClFN3S/c1-6-4-8-10(13)16-11(17-12(8)18-6)7-2-3-15-5-9(7)14/h2-5H,1H3. The molecule has 3 nitrogen and oxygen atoms in total. The van der Waals surface area contributed by atoms with Crippen molar-refractivity contribution in [3.05, 3.63) is 40.4 Å². The van der Waals surface area contributed by atoms with Crippen LogP contribution in [0.2, 0.25) is 5.15 Å². The van der Waals surface area contributed by atoms with E-state index in [0.29, 0.717) is 10.7 Å². The van der Waals surface area contributed by atoms with Gasteiger partial charge < -0.3 is 0 Å². The van der Waals surface area contributed by atoms with Crippen molar-refractivity contribution in [3.63, 3.8) is 0 Å². The summed E-state index contributed by atoms with van der Waals surface area (Å²) in [4.78, 5) is 14.0. The molecule has 3 aromatic rings. The molecule has 0 aliphatic heterocycles. The van der Waals surface area contributed by atoms with Gasteiger partial charge in [-0.2, -0.15) is 0 Å². The van der Waals surface area contributed by atoms with Gasteiger partial charge in [0.25, 0.3) is 0 Å². The number of rotatable bonds is 1. The van der Waals surface area contributed by atoms with E-state index < -0.39 is 5.82 Å². The lowest BCUT2D eigenvalue weighted by molar-refractivity contribution is 0.623. The predicted octanol–water partition coefficient (Wildman–Crippen LogP) is 3.85. The molecular formula is C12H7ClFN3S. The van der Waals surface area contributed by atoms with E-state index in [-0.39, 0.29) is 5.82 Å². The second-order valence-corrected chi connectivity index (χ2v) is 5.36. The highest BCUT2D eigenvalue weighted by molar-refractivity contribution is 7.18. The Labute approximate surface area is 111 Å². The first-order valence-corrected chi connectivity index (χ1v) is 6.38. The van der Waals surface area contributed by atoms with Crippen LogP contribution < -0.4 is 0 Å². The molecule has 0 amide bonds. The largest absolute Gasteiger partial charge is 0.262 e. The maximum absolute atomic E-state index is 13.6. The van der Waals surface area contributed by atoms with Gasteiger partial charge in [0.15, 0.2) is 11.6 Å². The van der Waals surface area contributed by atoms with Crippen LogP contribution in [-0.2, 0) is 0 Å². The van der Waals surface area contributed by atoms with Crippen LogP contribution in [0.4, 0.5) is 4.39 Å². The van der Waals surface area contributed by atoms with E-state index in [9.17, 15) is 4.39 Å². The van der Waals surface area contributed by atoms with Crippen molar-refractivity contribution in [2.75, 3.05) is 0 Å². The Morgan fingerprint density at radius 3 is 2.94 bits per heavy atom. The first-order chi connectivity index (χ1) is 8.65. The van der Waals surface area contributed by atoms with E-state index in [1.165, 1.54) is 23.6 Å². The smallest absolute Gasteiger partial charge is 0.165 e. The molecule has 0 bridgehead atoms. The van der Waals surface area contributed by atoms with Gasteiger partial charge in [-0.1, -0.05) is 11.6 Å². The third-order valence-corrected chi connectivity index (χ3v) is 3.72. The molecule has 0 saturated heterocycles. The summed E-state index contributed by atoms with van der Waals surface area (Å²) < 4.78 is 13.6. The highest BCUT2D eigenvalue weighted by Gasteiger charge is 2.13. The van der Waals surface area contributed by atoms with Gasteiger partial charge in [-0.3, -0.25) is 4.98 Å². The van der Waals surface area contributed by atoms with Crippen molar-refractivity contribution >= 4 is 33.2 Å². The van der Waals surface area contributed by atoms with Crippen LogP contribution in [-0.4, -0.2) is 15.0 Å². The predicted molar refractivity (Wildman–Crippen MR) is 70.4 cm³/mol. The Hall–Kier alpha value is -1.59. The Bertz CT molecular complexity index is 741. The molecule has 0 unspecified atom stereocenters. The van der Waals surface area contributed by atoms with Gasteiger partial charge in [0.2, 0.25) is 0 Å². The van der Waals surface area contributed by atoms with Crippen LogP contribution in [0.15, 0.2) is 24.5 Å². The fourth-order valence-corrected chi connectivity index (χ4v) is 2.84. The summed E-state index contributed by atoms with van der Waals surface area (Å²) in [6.45, 7) is 1.97.